The molecule has 0 radical (unpaired) electrons. The summed E-state index contributed by atoms with van der Waals surface area (Å²) in [7, 11) is 0. The van der Waals surface area contributed by atoms with Crippen molar-refractivity contribution in [3.8, 4) is 0 Å². The van der Waals surface area contributed by atoms with Crippen molar-refractivity contribution in [1.29, 1.82) is 0 Å². The third-order valence-corrected chi connectivity index (χ3v) is 6.44. The predicted octanol–water partition coefficient (Wildman–Crippen LogP) is 3.88. The fourth-order valence-corrected chi connectivity index (χ4v) is 5.44. The molecule has 5 aliphatic rings. The van der Waals surface area contributed by atoms with Gasteiger partial charge in [-0.1, -0.05) is 29.9 Å². The lowest BCUT2D eigenvalue weighted by Gasteiger charge is -2.44. The number of fused-ring (bicyclic) bond motifs is 3. The zero-order chi connectivity index (χ0) is 15.4. The second-order valence-electron chi connectivity index (χ2n) is 7.65. The minimum Gasteiger partial charge on any atom is -0.392 e. The first-order chi connectivity index (χ1) is 11.3. The Bertz CT molecular complexity index is 691. The van der Waals surface area contributed by atoms with Crippen molar-refractivity contribution in [2.45, 2.75) is 44.6 Å². The molecule has 0 saturated carbocycles. The Morgan fingerprint density at radius 3 is 3.09 bits per heavy atom. The summed E-state index contributed by atoms with van der Waals surface area (Å²) >= 11 is 0. The monoisotopic (exact) mass is 307 g/mol. The quantitative estimate of drug-likeness (QED) is 0.734. The molecule has 1 N–H and O–H groups in total. The molecule has 3 aliphatic carbocycles. The van der Waals surface area contributed by atoms with Crippen molar-refractivity contribution in [3.05, 3.63) is 58.4 Å². The van der Waals surface area contributed by atoms with Gasteiger partial charge in [-0.15, -0.1) is 0 Å². The highest BCUT2D eigenvalue weighted by Gasteiger charge is 2.41. The minimum absolute atomic E-state index is 0.182. The molecular formula is C21H25NO. The Labute approximate surface area is 138 Å². The highest BCUT2D eigenvalue weighted by molar-refractivity contribution is 5.55. The summed E-state index contributed by atoms with van der Waals surface area (Å²) < 4.78 is 0. The molecule has 0 amide bonds. The van der Waals surface area contributed by atoms with E-state index in [1.54, 1.807) is 16.7 Å². The molecule has 2 aliphatic heterocycles. The van der Waals surface area contributed by atoms with Crippen LogP contribution in [0.4, 0.5) is 0 Å². The van der Waals surface area contributed by atoms with Gasteiger partial charge in [0.25, 0.3) is 0 Å². The molecule has 0 aromatic heterocycles. The molecule has 0 aromatic carbocycles. The molecule has 23 heavy (non-hydrogen) atoms. The largest absolute Gasteiger partial charge is 0.392 e. The van der Waals surface area contributed by atoms with Crippen LogP contribution in [0.5, 0.6) is 0 Å². The van der Waals surface area contributed by atoms with Crippen molar-refractivity contribution < 1.29 is 5.11 Å². The standard InChI is InChI=1S/C21H25NO/c23-20-12-14-6-5-9-17-19-10-3-4-11-22(19)13-18(21(14)17)15-7-1-2-8-16(15)20/h1,3-4,7,10,16-17,20,23H,2,5-6,8-9,11-13H2. The second-order valence-corrected chi connectivity index (χ2v) is 7.65. The lowest BCUT2D eigenvalue weighted by atomic mass is 9.72. The molecule has 3 unspecified atom stereocenters. The number of aliphatic hydroxyl groups is 1. The Balaban J connectivity index is 1.72. The lowest BCUT2D eigenvalue weighted by Crippen LogP contribution is -2.39. The summed E-state index contributed by atoms with van der Waals surface area (Å²) in [5.41, 5.74) is 7.73. The fraction of sp³-hybridized carbons (Fsp3) is 0.524. The smallest absolute Gasteiger partial charge is 0.0646 e. The van der Waals surface area contributed by atoms with Gasteiger partial charge >= 0.3 is 0 Å². The van der Waals surface area contributed by atoms with Crippen LogP contribution in [0.25, 0.3) is 0 Å². The molecule has 0 bridgehead atoms. The number of hydrogen-bond acceptors (Lipinski definition) is 2. The first kappa shape index (κ1) is 13.9. The average molecular weight is 307 g/mol. The fourth-order valence-electron chi connectivity index (χ4n) is 5.44. The molecule has 3 atom stereocenters. The molecule has 0 aromatic rings. The number of hydrogen-bond donors (Lipinski definition) is 1. The highest BCUT2D eigenvalue weighted by Crippen LogP contribution is 2.50. The third-order valence-electron chi connectivity index (χ3n) is 6.44. The molecule has 1 fully saturated rings. The van der Waals surface area contributed by atoms with Crippen molar-refractivity contribution in [1.82, 2.24) is 4.90 Å². The second kappa shape index (κ2) is 5.24. The van der Waals surface area contributed by atoms with Gasteiger partial charge in [-0.2, -0.15) is 0 Å². The maximum absolute atomic E-state index is 10.9. The van der Waals surface area contributed by atoms with Gasteiger partial charge in [0.15, 0.2) is 0 Å². The van der Waals surface area contributed by atoms with Gasteiger partial charge in [-0.05, 0) is 61.3 Å². The van der Waals surface area contributed by atoms with Crippen molar-refractivity contribution in [3.63, 3.8) is 0 Å². The minimum atomic E-state index is -0.182. The maximum atomic E-state index is 10.9. The molecular weight excluding hydrogens is 282 g/mol. The zero-order valence-electron chi connectivity index (χ0n) is 13.7. The van der Waals surface area contributed by atoms with E-state index < -0.39 is 0 Å². The van der Waals surface area contributed by atoms with Crippen LogP contribution >= 0.6 is 0 Å². The van der Waals surface area contributed by atoms with Crippen LogP contribution in [0.2, 0.25) is 0 Å². The molecule has 2 heteroatoms. The summed E-state index contributed by atoms with van der Waals surface area (Å²) in [4.78, 5) is 2.57. The third kappa shape index (κ3) is 2.04. The Kier molecular flexibility index (Phi) is 3.16. The summed E-state index contributed by atoms with van der Waals surface area (Å²) in [6, 6.07) is 0. The van der Waals surface area contributed by atoms with E-state index >= 15 is 0 Å². The van der Waals surface area contributed by atoms with Gasteiger partial charge in [-0.3, -0.25) is 0 Å². The van der Waals surface area contributed by atoms with E-state index in [2.05, 4.69) is 35.3 Å². The lowest BCUT2D eigenvalue weighted by molar-refractivity contribution is 0.120. The average Bonchev–Trinajstić information content (AvgIpc) is 2.72. The normalized spacial score (nSPS) is 35.4. The molecule has 1 saturated heterocycles. The first-order valence-electron chi connectivity index (χ1n) is 9.24. The van der Waals surface area contributed by atoms with Crippen LogP contribution in [0, 0.1) is 11.8 Å². The van der Waals surface area contributed by atoms with Gasteiger partial charge in [0, 0.05) is 30.6 Å². The highest BCUT2D eigenvalue weighted by atomic mass is 16.3. The Hall–Kier alpha value is -1.54. The molecule has 2 heterocycles. The maximum Gasteiger partial charge on any atom is 0.0646 e. The van der Waals surface area contributed by atoms with Gasteiger partial charge in [0.1, 0.15) is 0 Å². The SMILES string of the molecule is OC1CC2=C3C(=C4C=CCCC41)CN1CC=CC=C1C3CCC2. The van der Waals surface area contributed by atoms with Crippen LogP contribution in [0.1, 0.15) is 38.5 Å². The predicted molar refractivity (Wildman–Crippen MR) is 92.7 cm³/mol. The van der Waals surface area contributed by atoms with E-state index in [1.165, 1.54) is 30.5 Å². The van der Waals surface area contributed by atoms with Crippen molar-refractivity contribution in [2.24, 2.45) is 11.8 Å². The summed E-state index contributed by atoms with van der Waals surface area (Å²) in [6.07, 6.45) is 18.2. The first-order valence-corrected chi connectivity index (χ1v) is 9.24. The van der Waals surface area contributed by atoms with Crippen LogP contribution in [-0.2, 0) is 0 Å². The van der Waals surface area contributed by atoms with Crippen molar-refractivity contribution in [2.75, 3.05) is 13.1 Å². The van der Waals surface area contributed by atoms with Crippen molar-refractivity contribution >= 4 is 0 Å². The summed E-state index contributed by atoms with van der Waals surface area (Å²) in [6.45, 7) is 2.08. The number of piperidine rings is 1. The molecule has 120 valence electrons. The van der Waals surface area contributed by atoms with E-state index in [1.807, 2.05) is 0 Å². The summed E-state index contributed by atoms with van der Waals surface area (Å²) in [5.74, 6) is 0.924. The van der Waals surface area contributed by atoms with Gasteiger partial charge in [0.05, 0.1) is 6.10 Å². The Morgan fingerprint density at radius 1 is 1.17 bits per heavy atom. The zero-order valence-corrected chi connectivity index (χ0v) is 13.7. The number of aliphatic hydroxyl groups excluding tert-OH is 1. The van der Waals surface area contributed by atoms with E-state index in [0.717, 1.165) is 32.4 Å². The van der Waals surface area contributed by atoms with Crippen LogP contribution < -0.4 is 0 Å². The van der Waals surface area contributed by atoms with Crippen LogP contribution in [-0.4, -0.2) is 29.2 Å². The van der Waals surface area contributed by atoms with Gasteiger partial charge < -0.3 is 10.0 Å². The van der Waals surface area contributed by atoms with E-state index in [9.17, 15) is 5.11 Å². The van der Waals surface area contributed by atoms with Gasteiger partial charge in [0.2, 0.25) is 0 Å². The number of rotatable bonds is 0. The topological polar surface area (TPSA) is 23.5 Å². The van der Waals surface area contributed by atoms with E-state index in [0.29, 0.717) is 11.8 Å². The Morgan fingerprint density at radius 2 is 2.13 bits per heavy atom. The molecule has 2 nitrogen and oxygen atoms in total. The van der Waals surface area contributed by atoms with E-state index in [4.69, 9.17) is 0 Å². The van der Waals surface area contributed by atoms with Crippen LogP contribution in [0.3, 0.4) is 0 Å². The number of allylic oxidation sites excluding steroid dienone is 5. The molecule has 0 spiro atoms. The molecule has 5 rings (SSSR count). The van der Waals surface area contributed by atoms with E-state index in [-0.39, 0.29) is 6.10 Å². The van der Waals surface area contributed by atoms with Gasteiger partial charge in [-0.25, -0.2) is 0 Å². The summed E-state index contributed by atoms with van der Waals surface area (Å²) in [5, 5.41) is 10.9. The number of nitrogens with zero attached hydrogens (tertiary/aromatic N) is 1. The van der Waals surface area contributed by atoms with Crippen LogP contribution in [0.15, 0.2) is 58.4 Å².